The van der Waals surface area contributed by atoms with Gasteiger partial charge in [-0.15, -0.1) is 0 Å². The van der Waals surface area contributed by atoms with Crippen molar-refractivity contribution < 1.29 is 28.4 Å². The molecule has 0 bridgehead atoms. The first-order valence-corrected chi connectivity index (χ1v) is 11.3. The smallest absolute Gasteiger partial charge is 0.214 e. The molecule has 0 saturated carbocycles. The molecule has 0 aliphatic carbocycles. The Hall–Kier alpha value is -4.07. The molecule has 8 nitrogen and oxygen atoms in total. The standard InChI is InChI=1S/C27H28N2O6/c1-30-22-11-10-16(12-23(22)31-2)19-15-20-18-8-6-7-9-21(18)35-27(29(20)28-19)17-13-24(32-3)26(34-5)25(14-17)33-4/h6-14,20,27H,15H2,1-5H3/t20-,27-/m0/s1. The zero-order valence-corrected chi connectivity index (χ0v) is 20.4. The average molecular weight is 477 g/mol. The molecule has 3 aromatic carbocycles. The minimum atomic E-state index is -0.485. The van der Waals surface area contributed by atoms with Crippen molar-refractivity contribution in [2.45, 2.75) is 18.7 Å². The topological polar surface area (TPSA) is 71.0 Å². The Morgan fingerprint density at radius 2 is 1.46 bits per heavy atom. The normalized spacial score (nSPS) is 18.1. The number of fused-ring (bicyclic) bond motifs is 3. The van der Waals surface area contributed by atoms with E-state index in [1.54, 1.807) is 35.5 Å². The van der Waals surface area contributed by atoms with Gasteiger partial charge in [0, 0.05) is 23.1 Å². The number of ether oxygens (including phenoxy) is 6. The zero-order valence-electron chi connectivity index (χ0n) is 20.4. The third kappa shape index (κ3) is 3.84. The minimum Gasteiger partial charge on any atom is -0.493 e. The number of hydrazone groups is 1. The van der Waals surface area contributed by atoms with E-state index in [0.29, 0.717) is 28.7 Å². The lowest BCUT2D eigenvalue weighted by Gasteiger charge is -2.38. The van der Waals surface area contributed by atoms with Crippen molar-refractivity contribution in [1.82, 2.24) is 5.01 Å². The number of hydrogen-bond acceptors (Lipinski definition) is 8. The van der Waals surface area contributed by atoms with E-state index in [-0.39, 0.29) is 6.04 Å². The summed E-state index contributed by atoms with van der Waals surface area (Å²) in [5.41, 5.74) is 3.85. The van der Waals surface area contributed by atoms with Gasteiger partial charge in [0.25, 0.3) is 0 Å². The highest BCUT2D eigenvalue weighted by atomic mass is 16.5. The van der Waals surface area contributed by atoms with E-state index >= 15 is 0 Å². The largest absolute Gasteiger partial charge is 0.493 e. The molecule has 0 fully saturated rings. The summed E-state index contributed by atoms with van der Waals surface area (Å²) in [6.45, 7) is 0. The van der Waals surface area contributed by atoms with Gasteiger partial charge in [-0.1, -0.05) is 18.2 Å². The highest BCUT2D eigenvalue weighted by Gasteiger charge is 2.41. The SMILES string of the molecule is COc1ccc(C2=NN3[C@@H](C2)c2ccccc2O[C@H]3c2cc(OC)c(OC)c(OC)c2)cc1OC. The molecule has 0 spiro atoms. The van der Waals surface area contributed by atoms with Crippen molar-refractivity contribution in [1.29, 1.82) is 0 Å². The molecule has 2 aliphatic rings. The Morgan fingerprint density at radius 1 is 0.771 bits per heavy atom. The summed E-state index contributed by atoms with van der Waals surface area (Å²) in [7, 11) is 8.05. The van der Waals surface area contributed by atoms with Crippen molar-refractivity contribution in [3.05, 3.63) is 71.3 Å². The maximum atomic E-state index is 6.49. The van der Waals surface area contributed by atoms with Crippen LogP contribution in [0, 0.1) is 0 Å². The fourth-order valence-electron chi connectivity index (χ4n) is 4.69. The first kappa shape index (κ1) is 22.7. The number of benzene rings is 3. The maximum Gasteiger partial charge on any atom is 0.214 e. The summed E-state index contributed by atoms with van der Waals surface area (Å²) in [6, 6.07) is 17.7. The Morgan fingerprint density at radius 3 is 2.11 bits per heavy atom. The van der Waals surface area contributed by atoms with Gasteiger partial charge in [-0.25, -0.2) is 5.01 Å². The van der Waals surface area contributed by atoms with E-state index in [4.69, 9.17) is 33.5 Å². The summed E-state index contributed by atoms with van der Waals surface area (Å²) in [5, 5.41) is 7.05. The third-order valence-electron chi connectivity index (χ3n) is 6.39. The first-order valence-electron chi connectivity index (χ1n) is 11.3. The van der Waals surface area contributed by atoms with Gasteiger partial charge >= 0.3 is 0 Å². The van der Waals surface area contributed by atoms with Crippen LogP contribution in [-0.2, 0) is 0 Å². The molecule has 0 unspecified atom stereocenters. The van der Waals surface area contributed by atoms with Crippen LogP contribution in [0.5, 0.6) is 34.5 Å². The number of rotatable bonds is 7. The molecule has 5 rings (SSSR count). The second-order valence-corrected chi connectivity index (χ2v) is 8.18. The molecule has 2 atom stereocenters. The van der Waals surface area contributed by atoms with Crippen LogP contribution in [0.3, 0.4) is 0 Å². The fourth-order valence-corrected chi connectivity index (χ4v) is 4.69. The van der Waals surface area contributed by atoms with Gasteiger partial charge in [0.15, 0.2) is 23.0 Å². The first-order chi connectivity index (χ1) is 17.1. The van der Waals surface area contributed by atoms with Crippen LogP contribution < -0.4 is 28.4 Å². The Labute approximate surface area is 204 Å². The third-order valence-corrected chi connectivity index (χ3v) is 6.39. The molecule has 35 heavy (non-hydrogen) atoms. The van der Waals surface area contributed by atoms with Gasteiger partial charge in [0.05, 0.1) is 47.3 Å². The summed E-state index contributed by atoms with van der Waals surface area (Å²) >= 11 is 0. The maximum absolute atomic E-state index is 6.49. The molecular weight excluding hydrogens is 448 g/mol. The second-order valence-electron chi connectivity index (χ2n) is 8.18. The average Bonchev–Trinajstić information content (AvgIpc) is 3.37. The summed E-state index contributed by atoms with van der Waals surface area (Å²) in [4.78, 5) is 0. The summed E-state index contributed by atoms with van der Waals surface area (Å²) in [6.07, 6.45) is 0.234. The van der Waals surface area contributed by atoms with Gasteiger partial charge in [0.2, 0.25) is 12.0 Å². The van der Waals surface area contributed by atoms with E-state index in [0.717, 1.165) is 34.6 Å². The van der Waals surface area contributed by atoms with Crippen molar-refractivity contribution in [2.75, 3.05) is 35.5 Å². The zero-order chi connectivity index (χ0) is 24.5. The lowest BCUT2D eigenvalue weighted by Crippen LogP contribution is -2.33. The van der Waals surface area contributed by atoms with E-state index in [9.17, 15) is 0 Å². The predicted molar refractivity (Wildman–Crippen MR) is 131 cm³/mol. The molecule has 3 aromatic rings. The van der Waals surface area contributed by atoms with Crippen LogP contribution in [0.15, 0.2) is 59.7 Å². The molecular formula is C27H28N2O6. The van der Waals surface area contributed by atoms with E-state index in [1.807, 2.05) is 53.5 Å². The van der Waals surface area contributed by atoms with E-state index in [1.165, 1.54) is 0 Å². The predicted octanol–water partition coefficient (Wildman–Crippen LogP) is 4.97. The van der Waals surface area contributed by atoms with Crippen LogP contribution in [0.25, 0.3) is 0 Å². The van der Waals surface area contributed by atoms with Crippen LogP contribution in [-0.4, -0.2) is 46.3 Å². The molecule has 2 aliphatic heterocycles. The molecule has 8 heteroatoms. The van der Waals surface area contributed by atoms with Crippen LogP contribution >= 0.6 is 0 Å². The highest BCUT2D eigenvalue weighted by molar-refractivity contribution is 6.02. The summed E-state index contributed by atoms with van der Waals surface area (Å²) < 4.78 is 34.1. The molecule has 0 N–H and O–H groups in total. The molecule has 0 radical (unpaired) electrons. The molecule has 0 amide bonds. The Bertz CT molecular complexity index is 1250. The monoisotopic (exact) mass is 476 g/mol. The van der Waals surface area contributed by atoms with Gasteiger partial charge in [0.1, 0.15) is 5.75 Å². The number of methoxy groups -OCH3 is 5. The molecule has 0 saturated heterocycles. The summed E-state index contributed by atoms with van der Waals surface area (Å²) in [5.74, 6) is 3.82. The highest BCUT2D eigenvalue weighted by Crippen LogP contribution is 2.49. The number of hydrogen-bond donors (Lipinski definition) is 0. The van der Waals surface area contributed by atoms with Crippen LogP contribution in [0.1, 0.15) is 35.4 Å². The Kier molecular flexibility index (Phi) is 6.03. The van der Waals surface area contributed by atoms with Crippen molar-refractivity contribution in [3.8, 4) is 34.5 Å². The molecule has 0 aromatic heterocycles. The van der Waals surface area contributed by atoms with Gasteiger partial charge in [-0.3, -0.25) is 0 Å². The second kappa shape index (κ2) is 9.29. The Balaban J connectivity index is 1.61. The van der Waals surface area contributed by atoms with E-state index in [2.05, 4.69) is 6.07 Å². The quantitative estimate of drug-likeness (QED) is 0.477. The lowest BCUT2D eigenvalue weighted by molar-refractivity contribution is -0.0192. The minimum absolute atomic E-state index is 0.00661. The van der Waals surface area contributed by atoms with Crippen molar-refractivity contribution in [2.24, 2.45) is 5.10 Å². The van der Waals surface area contributed by atoms with Gasteiger partial charge in [-0.2, -0.15) is 5.10 Å². The van der Waals surface area contributed by atoms with E-state index < -0.39 is 6.23 Å². The van der Waals surface area contributed by atoms with Gasteiger partial charge < -0.3 is 28.4 Å². The fraction of sp³-hybridized carbons (Fsp3) is 0.296. The lowest BCUT2D eigenvalue weighted by atomic mass is 9.95. The van der Waals surface area contributed by atoms with Crippen LogP contribution in [0.4, 0.5) is 0 Å². The number of nitrogens with zero attached hydrogens (tertiary/aromatic N) is 2. The van der Waals surface area contributed by atoms with Gasteiger partial charge in [-0.05, 0) is 36.4 Å². The van der Waals surface area contributed by atoms with Crippen molar-refractivity contribution in [3.63, 3.8) is 0 Å². The molecule has 182 valence electrons. The van der Waals surface area contributed by atoms with Crippen molar-refractivity contribution >= 4 is 5.71 Å². The molecule has 2 heterocycles. The van der Waals surface area contributed by atoms with Crippen LogP contribution in [0.2, 0.25) is 0 Å². The number of para-hydroxylation sites is 1.